The van der Waals surface area contributed by atoms with Crippen LogP contribution in [0.25, 0.3) is 11.0 Å². The van der Waals surface area contributed by atoms with Crippen LogP contribution in [0.2, 0.25) is 0 Å². The molecule has 0 saturated heterocycles. The Labute approximate surface area is 131 Å². The maximum Gasteiger partial charge on any atom is 0.262 e. The van der Waals surface area contributed by atoms with Gasteiger partial charge in [-0.1, -0.05) is 42.5 Å². The largest absolute Gasteiger partial charge is 0.414 e. The fourth-order valence-electron chi connectivity index (χ4n) is 2.22. The first-order valence-corrected chi connectivity index (χ1v) is 7.94. The summed E-state index contributed by atoms with van der Waals surface area (Å²) in [6.07, 6.45) is -0.313. The lowest BCUT2D eigenvalue weighted by atomic mass is 10.1. The molecule has 3 aromatic rings. The molecule has 5 nitrogen and oxygen atoms in total. The van der Waals surface area contributed by atoms with E-state index in [2.05, 4.69) is 4.98 Å². The summed E-state index contributed by atoms with van der Waals surface area (Å²) in [5.74, 6) is 0. The van der Waals surface area contributed by atoms with Crippen molar-refractivity contribution < 1.29 is 13.2 Å². The molecule has 3 rings (SSSR count). The Morgan fingerprint density at radius 3 is 2.50 bits per heavy atom. The molecule has 0 bridgehead atoms. The summed E-state index contributed by atoms with van der Waals surface area (Å²) >= 11 is -1.73. The van der Waals surface area contributed by atoms with E-state index in [4.69, 9.17) is 9.02 Å². The zero-order chi connectivity index (χ0) is 15.5. The van der Waals surface area contributed by atoms with Gasteiger partial charge in [-0.25, -0.2) is 9.19 Å². The van der Waals surface area contributed by atoms with Crippen LogP contribution in [0.15, 0.2) is 59.8 Å². The van der Waals surface area contributed by atoms with Gasteiger partial charge in [-0.2, -0.15) is 4.73 Å². The smallest absolute Gasteiger partial charge is 0.262 e. The van der Waals surface area contributed by atoms with Gasteiger partial charge in [0.15, 0.2) is 0 Å². The summed E-state index contributed by atoms with van der Waals surface area (Å²) in [7, 11) is 1.51. The van der Waals surface area contributed by atoms with Crippen molar-refractivity contribution in [3.05, 3.63) is 60.2 Å². The first kappa shape index (κ1) is 14.7. The minimum Gasteiger partial charge on any atom is -0.414 e. The third-order valence-corrected chi connectivity index (χ3v) is 4.34. The van der Waals surface area contributed by atoms with Gasteiger partial charge in [0.25, 0.3) is 5.16 Å². The molecule has 6 heteroatoms. The van der Waals surface area contributed by atoms with Gasteiger partial charge in [0.2, 0.25) is 11.1 Å². The maximum atomic E-state index is 12.5. The van der Waals surface area contributed by atoms with Crippen LogP contribution in [-0.4, -0.2) is 21.0 Å². The Morgan fingerprint density at radius 1 is 1.09 bits per heavy atom. The van der Waals surface area contributed by atoms with Crippen molar-refractivity contribution in [2.45, 2.75) is 18.2 Å². The number of aromatic nitrogens is 2. The summed E-state index contributed by atoms with van der Waals surface area (Å²) in [4.78, 5) is 9.63. The van der Waals surface area contributed by atoms with Crippen LogP contribution in [0.5, 0.6) is 0 Å². The molecule has 0 spiro atoms. The molecule has 114 valence electrons. The van der Waals surface area contributed by atoms with Crippen molar-refractivity contribution >= 4 is 22.1 Å². The summed E-state index contributed by atoms with van der Waals surface area (Å²) < 4.78 is 19.5. The first-order valence-electron chi connectivity index (χ1n) is 6.86. The molecule has 0 aliphatic carbocycles. The SMILES string of the molecule is COn1c(S(=O)O[C@@H](C)c2ccccc2)nc2ccccc21. The molecule has 0 fully saturated rings. The van der Waals surface area contributed by atoms with Crippen molar-refractivity contribution in [2.75, 3.05) is 7.11 Å². The van der Waals surface area contributed by atoms with Crippen LogP contribution in [0.1, 0.15) is 18.6 Å². The number of benzene rings is 2. The quantitative estimate of drug-likeness (QED) is 0.726. The molecule has 2 aromatic carbocycles. The molecule has 0 N–H and O–H groups in total. The summed E-state index contributed by atoms with van der Waals surface area (Å²) in [5, 5.41) is 0.242. The Morgan fingerprint density at radius 2 is 1.77 bits per heavy atom. The van der Waals surface area contributed by atoms with Gasteiger partial charge >= 0.3 is 0 Å². The number of para-hydroxylation sites is 2. The van der Waals surface area contributed by atoms with Crippen LogP contribution >= 0.6 is 0 Å². The lowest BCUT2D eigenvalue weighted by Crippen LogP contribution is -2.14. The zero-order valence-corrected chi connectivity index (χ0v) is 13.1. The van der Waals surface area contributed by atoms with E-state index >= 15 is 0 Å². The minimum absolute atomic E-state index is 0.242. The normalized spacial score (nSPS) is 13.9. The highest BCUT2D eigenvalue weighted by molar-refractivity contribution is 7.80. The van der Waals surface area contributed by atoms with Gasteiger partial charge in [-0.3, -0.25) is 4.18 Å². The second-order valence-corrected chi connectivity index (χ2v) is 5.77. The maximum absolute atomic E-state index is 12.5. The Balaban J connectivity index is 1.89. The fraction of sp³-hybridized carbons (Fsp3) is 0.188. The molecule has 22 heavy (non-hydrogen) atoms. The number of hydrogen-bond acceptors (Lipinski definition) is 4. The van der Waals surface area contributed by atoms with Gasteiger partial charge in [0.05, 0.1) is 11.6 Å². The summed E-state index contributed by atoms with van der Waals surface area (Å²) in [6, 6.07) is 17.1. The molecule has 0 saturated carbocycles. The Kier molecular flexibility index (Phi) is 4.22. The van der Waals surface area contributed by atoms with E-state index in [1.807, 2.05) is 61.5 Å². The predicted octanol–water partition coefficient (Wildman–Crippen LogP) is 2.90. The van der Waals surface area contributed by atoms with E-state index in [-0.39, 0.29) is 11.3 Å². The van der Waals surface area contributed by atoms with E-state index in [0.29, 0.717) is 5.52 Å². The average Bonchev–Trinajstić information content (AvgIpc) is 2.94. The van der Waals surface area contributed by atoms with Crippen LogP contribution < -0.4 is 4.84 Å². The van der Waals surface area contributed by atoms with E-state index in [1.54, 1.807) is 0 Å². The second kappa shape index (κ2) is 6.29. The number of imidazole rings is 1. The topological polar surface area (TPSA) is 53.4 Å². The third kappa shape index (κ3) is 2.75. The van der Waals surface area contributed by atoms with Gasteiger partial charge < -0.3 is 4.84 Å². The summed E-state index contributed by atoms with van der Waals surface area (Å²) in [6.45, 7) is 1.85. The molecule has 1 unspecified atom stereocenters. The molecule has 2 atom stereocenters. The number of hydrogen-bond donors (Lipinski definition) is 0. The molecule has 0 amide bonds. The standard InChI is InChI=1S/C16H16N2O3S/c1-12(13-8-4-3-5-9-13)21-22(19)16-17-14-10-6-7-11-15(14)18(16)20-2/h3-12H,1-2H3/t12-,22?/m0/s1. The van der Waals surface area contributed by atoms with Gasteiger partial charge in [0, 0.05) is 0 Å². The molecule has 1 heterocycles. The molecular weight excluding hydrogens is 300 g/mol. The zero-order valence-electron chi connectivity index (χ0n) is 12.3. The lowest BCUT2D eigenvalue weighted by molar-refractivity contribution is 0.148. The van der Waals surface area contributed by atoms with Gasteiger partial charge in [0.1, 0.15) is 12.6 Å². The van der Waals surface area contributed by atoms with E-state index in [0.717, 1.165) is 11.1 Å². The lowest BCUT2D eigenvalue weighted by Gasteiger charge is -2.12. The van der Waals surface area contributed by atoms with Crippen molar-refractivity contribution in [2.24, 2.45) is 0 Å². The Bertz CT molecular complexity index is 802. The van der Waals surface area contributed by atoms with Gasteiger partial charge in [-0.15, -0.1) is 0 Å². The van der Waals surface area contributed by atoms with E-state index in [1.165, 1.54) is 11.8 Å². The number of nitrogens with zero attached hydrogens (tertiary/aromatic N) is 2. The van der Waals surface area contributed by atoms with Crippen LogP contribution in [0.3, 0.4) is 0 Å². The average molecular weight is 316 g/mol. The van der Waals surface area contributed by atoms with Gasteiger partial charge in [-0.05, 0) is 24.6 Å². The highest BCUT2D eigenvalue weighted by Gasteiger charge is 2.20. The van der Waals surface area contributed by atoms with Crippen molar-refractivity contribution in [1.29, 1.82) is 0 Å². The summed E-state index contributed by atoms with van der Waals surface area (Å²) in [5.41, 5.74) is 2.42. The molecule has 0 aliphatic rings. The molecule has 0 aliphatic heterocycles. The molecular formula is C16H16N2O3S. The molecule has 1 aromatic heterocycles. The molecule has 0 radical (unpaired) electrons. The monoisotopic (exact) mass is 316 g/mol. The van der Waals surface area contributed by atoms with Crippen molar-refractivity contribution in [3.63, 3.8) is 0 Å². The van der Waals surface area contributed by atoms with Crippen LogP contribution in [-0.2, 0) is 15.3 Å². The van der Waals surface area contributed by atoms with E-state index in [9.17, 15) is 4.21 Å². The third-order valence-electron chi connectivity index (χ3n) is 3.32. The minimum atomic E-state index is -1.73. The highest BCUT2D eigenvalue weighted by Crippen LogP contribution is 2.22. The first-order chi connectivity index (χ1) is 10.7. The van der Waals surface area contributed by atoms with Crippen LogP contribution in [0, 0.1) is 0 Å². The van der Waals surface area contributed by atoms with E-state index < -0.39 is 11.1 Å². The highest BCUT2D eigenvalue weighted by atomic mass is 32.2. The number of fused-ring (bicyclic) bond motifs is 1. The Hall–Kier alpha value is -2.18. The predicted molar refractivity (Wildman–Crippen MR) is 84.6 cm³/mol. The van der Waals surface area contributed by atoms with Crippen molar-refractivity contribution in [1.82, 2.24) is 9.71 Å². The van der Waals surface area contributed by atoms with Crippen molar-refractivity contribution in [3.8, 4) is 0 Å². The second-order valence-electron chi connectivity index (χ2n) is 4.74. The van der Waals surface area contributed by atoms with Crippen LogP contribution in [0.4, 0.5) is 0 Å². The number of rotatable bonds is 5. The fourth-order valence-corrected chi connectivity index (χ4v) is 3.16.